The highest BCUT2D eigenvalue weighted by Gasteiger charge is 2.41. The fraction of sp³-hybridized carbons (Fsp3) is 0.344. The maximum absolute atomic E-state index is 14.1. The highest BCUT2D eigenvalue weighted by molar-refractivity contribution is 6.28. The van der Waals surface area contributed by atoms with E-state index in [1.54, 1.807) is 49.4 Å². The summed E-state index contributed by atoms with van der Waals surface area (Å²) in [6.07, 6.45) is -1.27. The Morgan fingerprint density at radius 2 is 1.52 bits per heavy atom. The summed E-state index contributed by atoms with van der Waals surface area (Å²) in [7, 11) is 0. The maximum Gasteiger partial charge on any atom is 0.416 e. The molecule has 0 aliphatic carbocycles. The van der Waals surface area contributed by atoms with Gasteiger partial charge in [0.05, 0.1) is 28.3 Å². The number of ketones is 1. The number of Topliss-reactive ketones (excluding diaryl/α,β-unsaturated/α-hetero) is 1. The molecule has 1 saturated heterocycles. The third kappa shape index (κ3) is 5.63. The van der Waals surface area contributed by atoms with E-state index in [-0.39, 0.29) is 29.4 Å². The van der Waals surface area contributed by atoms with Crippen LogP contribution in [0.1, 0.15) is 55.5 Å². The summed E-state index contributed by atoms with van der Waals surface area (Å²) in [4.78, 5) is 46.7. The smallest absolute Gasteiger partial charge is 0.301 e. The zero-order valence-corrected chi connectivity index (χ0v) is 23.6. The normalized spacial score (nSPS) is 17.9. The molecule has 0 N–H and O–H groups in total. The molecule has 2 aliphatic rings. The average molecular weight is 579 g/mol. The third-order valence-corrected chi connectivity index (χ3v) is 8.03. The number of carbonyl (C=O) groups excluding carboxylic acids is 3. The van der Waals surface area contributed by atoms with Crippen LogP contribution in [0.15, 0.2) is 72.8 Å². The summed E-state index contributed by atoms with van der Waals surface area (Å²) < 4.78 is 41.2. The number of halogens is 3. The van der Waals surface area contributed by atoms with Crippen LogP contribution < -0.4 is 14.7 Å². The Labute approximate surface area is 243 Å². The number of hydrogen-bond donors (Lipinski definition) is 0. The van der Waals surface area contributed by atoms with Crippen LogP contribution in [0.3, 0.4) is 0 Å². The van der Waals surface area contributed by atoms with Crippen molar-refractivity contribution >= 4 is 40.6 Å². The predicted octanol–water partition coefficient (Wildman–Crippen LogP) is 7.88. The molecular weight excluding hydrogens is 545 g/mol. The first kappa shape index (κ1) is 29.3. The molecule has 42 heavy (non-hydrogen) atoms. The fourth-order valence-corrected chi connectivity index (χ4v) is 5.85. The summed E-state index contributed by atoms with van der Waals surface area (Å²) in [6, 6.07) is 16.4. The largest absolute Gasteiger partial charge is 0.416 e. The van der Waals surface area contributed by atoms with Gasteiger partial charge in [-0.1, -0.05) is 25.1 Å². The van der Waals surface area contributed by atoms with E-state index in [1.165, 1.54) is 23.1 Å². The molecule has 2 aliphatic heterocycles. The van der Waals surface area contributed by atoms with Crippen molar-refractivity contribution in [1.29, 1.82) is 0 Å². The summed E-state index contributed by atoms with van der Waals surface area (Å²) in [5, 5.41) is 0. The Balaban J connectivity index is 1.49. The van der Waals surface area contributed by atoms with Crippen molar-refractivity contribution < 1.29 is 27.6 Å². The lowest BCUT2D eigenvalue weighted by Crippen LogP contribution is -2.48. The average Bonchev–Trinajstić information content (AvgIpc) is 3.42. The van der Waals surface area contributed by atoms with Crippen molar-refractivity contribution in [3.8, 4) is 0 Å². The van der Waals surface area contributed by atoms with E-state index in [0.29, 0.717) is 23.7 Å². The molecule has 0 bridgehead atoms. The summed E-state index contributed by atoms with van der Waals surface area (Å²) in [5.41, 5.74) is 0.166. The summed E-state index contributed by atoms with van der Waals surface area (Å²) in [5.74, 6) is -0.0220. The quantitative estimate of drug-likeness (QED) is 0.255. The van der Waals surface area contributed by atoms with Crippen molar-refractivity contribution in [2.75, 3.05) is 34.3 Å². The van der Waals surface area contributed by atoms with Gasteiger partial charge < -0.3 is 4.90 Å². The summed E-state index contributed by atoms with van der Waals surface area (Å²) >= 11 is 0. The topological polar surface area (TPSA) is 64.2 Å². The number of para-hydroxylation sites is 1. The van der Waals surface area contributed by atoms with Crippen LogP contribution in [0, 0.1) is 0 Å². The highest BCUT2D eigenvalue weighted by Crippen LogP contribution is 2.43. The van der Waals surface area contributed by atoms with Crippen molar-refractivity contribution in [1.82, 2.24) is 4.90 Å². The molecular formula is C32H33F3N4O3. The first-order valence-corrected chi connectivity index (χ1v) is 14.2. The minimum atomic E-state index is -4.65. The monoisotopic (exact) mass is 578 g/mol. The number of likely N-dealkylation sites (tertiary alicyclic amines) is 1. The molecule has 3 aromatic rings. The van der Waals surface area contributed by atoms with Crippen LogP contribution in [0.4, 0.5) is 45.5 Å². The number of rotatable bonds is 8. The van der Waals surface area contributed by atoms with Gasteiger partial charge in [-0.05, 0) is 93.9 Å². The predicted molar refractivity (Wildman–Crippen MR) is 157 cm³/mol. The number of anilines is 4. The minimum absolute atomic E-state index is 0.0220. The molecule has 5 rings (SSSR count). The Bertz CT molecular complexity index is 1460. The van der Waals surface area contributed by atoms with Crippen molar-refractivity contribution in [3.05, 3.63) is 83.9 Å². The molecule has 10 heteroatoms. The number of urea groups is 2. The Kier molecular flexibility index (Phi) is 8.36. The molecule has 2 heterocycles. The standard InChI is InChI=1S/C32H33F3N4O3/c1-3-36-20-8-11-24(36)17-19-29(40)22-12-15-26(16-13-22)39-30(41)37(4-2)27-18-14-23(32(33,34)35)21-28(27)38(31(39)42)25-9-6-5-7-10-25/h5-7,9-10,12-16,18,21,24H,3-4,8,11,17,19-20H2,1-2H3/t24-/m1/s1. The lowest BCUT2D eigenvalue weighted by Gasteiger charge is -2.27. The van der Waals surface area contributed by atoms with Gasteiger partial charge in [0.25, 0.3) is 0 Å². The second kappa shape index (κ2) is 12.0. The molecule has 3 aromatic carbocycles. The number of amides is 4. The van der Waals surface area contributed by atoms with Crippen LogP contribution >= 0.6 is 0 Å². The van der Waals surface area contributed by atoms with Crippen molar-refractivity contribution in [2.45, 2.75) is 51.7 Å². The van der Waals surface area contributed by atoms with Gasteiger partial charge in [-0.2, -0.15) is 13.2 Å². The Morgan fingerprint density at radius 1 is 0.833 bits per heavy atom. The number of alkyl halides is 3. The SMILES string of the molecule is CCN1C(=O)N(c2ccc(C(=O)CC[C@H]3CCCN3CC)cc2)C(=O)N(c2ccccc2)c2cc(C(F)(F)F)ccc21. The minimum Gasteiger partial charge on any atom is -0.301 e. The van der Waals surface area contributed by atoms with E-state index in [4.69, 9.17) is 0 Å². The van der Waals surface area contributed by atoms with Gasteiger partial charge >= 0.3 is 18.2 Å². The Hall–Kier alpha value is -4.18. The third-order valence-electron chi connectivity index (χ3n) is 8.03. The molecule has 0 radical (unpaired) electrons. The molecule has 0 aromatic heterocycles. The van der Waals surface area contributed by atoms with Gasteiger partial charge in [-0.3, -0.25) is 14.6 Å². The first-order valence-electron chi connectivity index (χ1n) is 14.2. The molecule has 0 saturated carbocycles. The zero-order valence-electron chi connectivity index (χ0n) is 23.6. The number of hydrogen-bond acceptors (Lipinski definition) is 4. The van der Waals surface area contributed by atoms with Gasteiger partial charge in [-0.15, -0.1) is 0 Å². The summed E-state index contributed by atoms with van der Waals surface area (Å²) in [6.45, 7) is 5.93. The Morgan fingerprint density at radius 3 is 2.17 bits per heavy atom. The van der Waals surface area contributed by atoms with E-state index < -0.39 is 23.8 Å². The van der Waals surface area contributed by atoms with Crippen LogP contribution in [-0.4, -0.2) is 48.4 Å². The highest BCUT2D eigenvalue weighted by atomic mass is 19.4. The van der Waals surface area contributed by atoms with Gasteiger partial charge in [-0.25, -0.2) is 14.5 Å². The molecule has 7 nitrogen and oxygen atoms in total. The fourth-order valence-electron chi connectivity index (χ4n) is 5.85. The van der Waals surface area contributed by atoms with Crippen LogP contribution in [0.2, 0.25) is 0 Å². The first-order chi connectivity index (χ1) is 20.1. The van der Waals surface area contributed by atoms with Crippen LogP contribution in [-0.2, 0) is 6.18 Å². The second-order valence-electron chi connectivity index (χ2n) is 10.5. The van der Waals surface area contributed by atoms with Gasteiger partial charge in [0, 0.05) is 24.6 Å². The molecule has 0 spiro atoms. The number of imide groups is 1. The number of carbonyl (C=O) groups is 3. The van der Waals surface area contributed by atoms with Crippen LogP contribution in [0.25, 0.3) is 0 Å². The molecule has 1 atom stereocenters. The van der Waals surface area contributed by atoms with Crippen molar-refractivity contribution in [2.24, 2.45) is 0 Å². The molecule has 1 fully saturated rings. The van der Waals surface area contributed by atoms with E-state index in [9.17, 15) is 27.6 Å². The van der Waals surface area contributed by atoms with Gasteiger partial charge in [0.1, 0.15) is 0 Å². The second-order valence-corrected chi connectivity index (χ2v) is 10.5. The lowest BCUT2D eigenvalue weighted by molar-refractivity contribution is -0.137. The lowest BCUT2D eigenvalue weighted by atomic mass is 10.0. The van der Waals surface area contributed by atoms with E-state index >= 15 is 0 Å². The molecule has 4 amide bonds. The van der Waals surface area contributed by atoms with E-state index in [2.05, 4.69) is 11.8 Å². The van der Waals surface area contributed by atoms with E-state index in [0.717, 1.165) is 54.3 Å². The zero-order chi connectivity index (χ0) is 30.0. The molecule has 0 unspecified atom stereocenters. The molecule has 220 valence electrons. The maximum atomic E-state index is 14.1. The van der Waals surface area contributed by atoms with Crippen molar-refractivity contribution in [3.63, 3.8) is 0 Å². The van der Waals surface area contributed by atoms with E-state index in [1.807, 2.05) is 0 Å². The number of fused-ring (bicyclic) bond motifs is 1. The van der Waals surface area contributed by atoms with Gasteiger partial charge in [0.15, 0.2) is 5.78 Å². The number of benzene rings is 3. The van der Waals surface area contributed by atoms with Gasteiger partial charge in [0.2, 0.25) is 0 Å². The van der Waals surface area contributed by atoms with Crippen LogP contribution in [0.5, 0.6) is 0 Å². The number of nitrogens with zero attached hydrogens (tertiary/aromatic N) is 4.